The summed E-state index contributed by atoms with van der Waals surface area (Å²) in [5, 5.41) is 3.10. The fraction of sp³-hybridized carbons (Fsp3) is 0.222. The number of aromatic nitrogens is 4. The smallest absolute Gasteiger partial charge is 0.266 e. The van der Waals surface area contributed by atoms with Crippen LogP contribution >= 0.6 is 22.6 Å². The van der Waals surface area contributed by atoms with Crippen LogP contribution in [-0.4, -0.2) is 26.1 Å². The van der Waals surface area contributed by atoms with E-state index >= 15 is 0 Å². The van der Waals surface area contributed by atoms with Gasteiger partial charge >= 0.3 is 0 Å². The Morgan fingerprint density at radius 2 is 2.44 bits per heavy atom. The highest BCUT2D eigenvalue weighted by Gasteiger charge is 2.03. The first-order valence-corrected chi connectivity index (χ1v) is 5.78. The van der Waals surface area contributed by atoms with Crippen LogP contribution in [0.4, 0.5) is 5.82 Å². The van der Waals surface area contributed by atoms with Crippen molar-refractivity contribution in [2.75, 3.05) is 11.9 Å². The highest BCUT2D eigenvalue weighted by molar-refractivity contribution is 14.1. The van der Waals surface area contributed by atoms with Gasteiger partial charge in [-0.05, 0) is 22.6 Å². The number of hydrogen-bond donors (Lipinski definition) is 2. The standard InChI is InChI=1S/C9H10IN5O/c10-7-8(13-5-14-9(7)16)12-2-4-15-3-1-11-6-15/h1,3,5-6H,2,4H2,(H2,12,13,14,16). The maximum atomic E-state index is 11.3. The summed E-state index contributed by atoms with van der Waals surface area (Å²) in [7, 11) is 0. The lowest BCUT2D eigenvalue weighted by Gasteiger charge is -2.06. The van der Waals surface area contributed by atoms with Crippen molar-refractivity contribution in [3.8, 4) is 0 Å². The predicted octanol–water partition coefficient (Wildman–Crippen LogP) is 0.683. The Hall–Kier alpha value is -1.38. The summed E-state index contributed by atoms with van der Waals surface area (Å²) in [4.78, 5) is 21.8. The Labute approximate surface area is 105 Å². The van der Waals surface area contributed by atoms with Crippen molar-refractivity contribution in [2.45, 2.75) is 6.54 Å². The van der Waals surface area contributed by atoms with Crippen LogP contribution in [0.15, 0.2) is 29.8 Å². The molecule has 0 amide bonds. The maximum absolute atomic E-state index is 11.3. The minimum absolute atomic E-state index is 0.124. The monoisotopic (exact) mass is 331 g/mol. The van der Waals surface area contributed by atoms with Gasteiger partial charge in [0.25, 0.3) is 5.56 Å². The second kappa shape index (κ2) is 5.10. The lowest BCUT2D eigenvalue weighted by Crippen LogP contribution is -2.17. The molecule has 0 aromatic carbocycles. The predicted molar refractivity (Wildman–Crippen MR) is 68.3 cm³/mol. The first-order valence-electron chi connectivity index (χ1n) is 4.70. The van der Waals surface area contributed by atoms with E-state index in [1.165, 1.54) is 6.33 Å². The van der Waals surface area contributed by atoms with E-state index in [-0.39, 0.29) is 5.56 Å². The van der Waals surface area contributed by atoms with Crippen molar-refractivity contribution < 1.29 is 0 Å². The molecule has 16 heavy (non-hydrogen) atoms. The molecule has 0 radical (unpaired) electrons. The van der Waals surface area contributed by atoms with Gasteiger partial charge in [0.2, 0.25) is 0 Å². The largest absolute Gasteiger partial charge is 0.367 e. The summed E-state index contributed by atoms with van der Waals surface area (Å²) < 4.78 is 2.53. The van der Waals surface area contributed by atoms with Crippen LogP contribution in [0.3, 0.4) is 0 Å². The van der Waals surface area contributed by atoms with Gasteiger partial charge in [-0.15, -0.1) is 0 Å². The number of hydrogen-bond acceptors (Lipinski definition) is 4. The van der Waals surface area contributed by atoms with Crippen LogP contribution < -0.4 is 10.9 Å². The topological polar surface area (TPSA) is 75.6 Å². The normalized spacial score (nSPS) is 10.3. The first-order chi connectivity index (χ1) is 7.77. The highest BCUT2D eigenvalue weighted by atomic mass is 127. The summed E-state index contributed by atoms with van der Waals surface area (Å²) in [5.41, 5.74) is -0.124. The van der Waals surface area contributed by atoms with Crippen LogP contribution in [0.1, 0.15) is 0 Å². The number of nitrogens with zero attached hydrogens (tertiary/aromatic N) is 3. The SMILES string of the molecule is O=c1[nH]cnc(NCCn2ccnc2)c1I. The van der Waals surface area contributed by atoms with Gasteiger partial charge in [-0.25, -0.2) is 9.97 Å². The zero-order chi connectivity index (χ0) is 11.4. The van der Waals surface area contributed by atoms with Gasteiger partial charge in [-0.1, -0.05) is 0 Å². The molecular formula is C9H10IN5O. The molecule has 6 nitrogen and oxygen atoms in total. The Morgan fingerprint density at radius 3 is 3.19 bits per heavy atom. The van der Waals surface area contributed by atoms with Crippen molar-refractivity contribution in [2.24, 2.45) is 0 Å². The van der Waals surface area contributed by atoms with E-state index in [1.807, 2.05) is 33.4 Å². The molecule has 0 aliphatic heterocycles. The second-order valence-electron chi connectivity index (χ2n) is 3.12. The molecule has 2 aromatic heterocycles. The Morgan fingerprint density at radius 1 is 1.56 bits per heavy atom. The van der Waals surface area contributed by atoms with Crippen LogP contribution in [0.5, 0.6) is 0 Å². The molecule has 0 saturated heterocycles. The van der Waals surface area contributed by atoms with Crippen molar-refractivity contribution in [1.29, 1.82) is 0 Å². The fourth-order valence-corrected chi connectivity index (χ4v) is 1.71. The summed E-state index contributed by atoms with van der Waals surface area (Å²) in [6.07, 6.45) is 6.76. The molecule has 0 aliphatic carbocycles. The van der Waals surface area contributed by atoms with Gasteiger partial charge in [-0.3, -0.25) is 4.79 Å². The minimum Gasteiger partial charge on any atom is -0.367 e. The number of rotatable bonds is 4. The van der Waals surface area contributed by atoms with E-state index < -0.39 is 0 Å². The molecule has 0 spiro atoms. The third-order valence-corrected chi connectivity index (χ3v) is 3.02. The number of imidazole rings is 1. The molecule has 2 N–H and O–H groups in total. The van der Waals surface area contributed by atoms with E-state index in [0.29, 0.717) is 15.9 Å². The minimum atomic E-state index is -0.124. The Balaban J connectivity index is 1.95. The van der Waals surface area contributed by atoms with E-state index in [1.54, 1.807) is 12.5 Å². The van der Waals surface area contributed by atoms with Gasteiger partial charge in [-0.2, -0.15) is 0 Å². The molecule has 0 fully saturated rings. The number of halogens is 1. The molecule has 84 valence electrons. The van der Waals surface area contributed by atoms with Gasteiger partial charge in [0.1, 0.15) is 9.39 Å². The third-order valence-electron chi connectivity index (χ3n) is 2.02. The quantitative estimate of drug-likeness (QED) is 0.808. The maximum Gasteiger partial charge on any atom is 0.266 e. The molecule has 0 aliphatic rings. The van der Waals surface area contributed by atoms with E-state index in [0.717, 1.165) is 6.54 Å². The Kier molecular flexibility index (Phi) is 3.54. The van der Waals surface area contributed by atoms with Crippen molar-refractivity contribution in [3.05, 3.63) is 39.0 Å². The van der Waals surface area contributed by atoms with Crippen molar-refractivity contribution in [1.82, 2.24) is 19.5 Å². The number of aromatic amines is 1. The van der Waals surface area contributed by atoms with Crippen molar-refractivity contribution >= 4 is 28.4 Å². The summed E-state index contributed by atoms with van der Waals surface area (Å²) in [5.74, 6) is 0.615. The first kappa shape index (κ1) is 11.1. The lowest BCUT2D eigenvalue weighted by molar-refractivity contribution is 0.724. The summed E-state index contributed by atoms with van der Waals surface area (Å²) >= 11 is 1.97. The number of nitrogens with one attached hydrogen (secondary N) is 2. The Bertz CT molecular complexity index is 507. The summed E-state index contributed by atoms with van der Waals surface area (Å²) in [6.45, 7) is 1.48. The highest BCUT2D eigenvalue weighted by Crippen LogP contribution is 2.07. The van der Waals surface area contributed by atoms with Gasteiger partial charge in [0.05, 0.1) is 12.7 Å². The second-order valence-corrected chi connectivity index (χ2v) is 4.20. The van der Waals surface area contributed by atoms with E-state index in [4.69, 9.17) is 0 Å². The zero-order valence-electron chi connectivity index (χ0n) is 8.35. The molecule has 0 saturated carbocycles. The molecule has 0 atom stereocenters. The number of anilines is 1. The number of H-pyrrole nitrogens is 1. The van der Waals surface area contributed by atoms with Crippen LogP contribution in [-0.2, 0) is 6.54 Å². The van der Waals surface area contributed by atoms with Gasteiger partial charge < -0.3 is 14.9 Å². The molecule has 7 heteroatoms. The van der Waals surface area contributed by atoms with Gasteiger partial charge in [0, 0.05) is 25.5 Å². The lowest BCUT2D eigenvalue weighted by atomic mass is 10.5. The molecular weight excluding hydrogens is 321 g/mol. The fourth-order valence-electron chi connectivity index (χ4n) is 1.23. The molecule has 2 heterocycles. The third kappa shape index (κ3) is 2.60. The van der Waals surface area contributed by atoms with Crippen LogP contribution in [0.2, 0.25) is 0 Å². The molecule has 2 rings (SSSR count). The average molecular weight is 331 g/mol. The summed E-state index contributed by atoms with van der Waals surface area (Å²) in [6, 6.07) is 0. The zero-order valence-corrected chi connectivity index (χ0v) is 10.5. The molecule has 0 bridgehead atoms. The van der Waals surface area contributed by atoms with Crippen LogP contribution in [0.25, 0.3) is 0 Å². The average Bonchev–Trinajstić information content (AvgIpc) is 2.77. The van der Waals surface area contributed by atoms with Crippen molar-refractivity contribution in [3.63, 3.8) is 0 Å². The molecule has 2 aromatic rings. The molecule has 0 unspecified atom stereocenters. The van der Waals surface area contributed by atoms with Gasteiger partial charge in [0.15, 0.2) is 0 Å². The van der Waals surface area contributed by atoms with Crippen LogP contribution in [0, 0.1) is 3.57 Å². The van der Waals surface area contributed by atoms with E-state index in [2.05, 4.69) is 20.3 Å². The van der Waals surface area contributed by atoms with E-state index in [9.17, 15) is 4.79 Å².